The highest BCUT2D eigenvalue weighted by atomic mass is 16.5. The molecule has 0 bridgehead atoms. The quantitative estimate of drug-likeness (QED) is 0.568. The third-order valence-electron chi connectivity index (χ3n) is 4.56. The molecule has 0 radical (unpaired) electrons. The number of nitrogens with one attached hydrogen (secondary N) is 2. The summed E-state index contributed by atoms with van der Waals surface area (Å²) in [5.41, 5.74) is 7.91. The Balaban J connectivity index is 1.77. The molecule has 1 aliphatic heterocycles. The molecule has 0 saturated carbocycles. The highest BCUT2D eigenvalue weighted by molar-refractivity contribution is 6.07. The highest BCUT2D eigenvalue weighted by Crippen LogP contribution is 2.28. The number of hydrogen-bond donors (Lipinski definition) is 3. The Hall–Kier alpha value is -2.54. The van der Waals surface area contributed by atoms with E-state index in [4.69, 9.17) is 10.5 Å². The molecule has 1 aromatic carbocycles. The molecule has 25 heavy (non-hydrogen) atoms. The summed E-state index contributed by atoms with van der Waals surface area (Å²) in [7, 11) is 1.53. The molecular formula is C18H25N5O2. The Labute approximate surface area is 147 Å². The van der Waals surface area contributed by atoms with E-state index in [9.17, 15) is 4.79 Å². The SMILES string of the molecule is CN=C(N)NC(=O)c1cc2c(C)ccc(OCCN3CCCC3)c2[nH]1. The predicted molar refractivity (Wildman–Crippen MR) is 99.2 cm³/mol. The maximum atomic E-state index is 12.2. The zero-order valence-corrected chi connectivity index (χ0v) is 14.8. The first kappa shape index (κ1) is 17.3. The van der Waals surface area contributed by atoms with Gasteiger partial charge in [-0.15, -0.1) is 0 Å². The second-order valence-corrected chi connectivity index (χ2v) is 6.31. The summed E-state index contributed by atoms with van der Waals surface area (Å²) in [5, 5.41) is 3.50. The van der Waals surface area contributed by atoms with Gasteiger partial charge in [-0.1, -0.05) is 6.07 Å². The third kappa shape index (κ3) is 3.93. The molecule has 134 valence electrons. The lowest BCUT2D eigenvalue weighted by atomic mass is 10.1. The van der Waals surface area contributed by atoms with Crippen LogP contribution in [0.25, 0.3) is 10.9 Å². The van der Waals surface area contributed by atoms with Crippen LogP contribution in [0, 0.1) is 6.92 Å². The molecule has 1 fully saturated rings. The first-order chi connectivity index (χ1) is 12.1. The monoisotopic (exact) mass is 343 g/mol. The van der Waals surface area contributed by atoms with Gasteiger partial charge in [0.05, 0.1) is 5.52 Å². The van der Waals surface area contributed by atoms with Crippen LogP contribution >= 0.6 is 0 Å². The van der Waals surface area contributed by atoms with Gasteiger partial charge in [0.25, 0.3) is 5.91 Å². The van der Waals surface area contributed by atoms with Gasteiger partial charge < -0.3 is 15.5 Å². The van der Waals surface area contributed by atoms with Crippen LogP contribution in [0.3, 0.4) is 0 Å². The molecule has 1 aliphatic rings. The van der Waals surface area contributed by atoms with Crippen molar-refractivity contribution in [1.29, 1.82) is 0 Å². The number of rotatable bonds is 5. The van der Waals surface area contributed by atoms with Gasteiger partial charge >= 0.3 is 0 Å². The Morgan fingerprint density at radius 2 is 2.16 bits per heavy atom. The van der Waals surface area contributed by atoms with Crippen LogP contribution in [0.4, 0.5) is 0 Å². The average molecular weight is 343 g/mol. The van der Waals surface area contributed by atoms with E-state index >= 15 is 0 Å². The number of aryl methyl sites for hydroxylation is 1. The van der Waals surface area contributed by atoms with E-state index < -0.39 is 0 Å². The summed E-state index contributed by atoms with van der Waals surface area (Å²) in [6.45, 7) is 5.87. The van der Waals surface area contributed by atoms with Crippen molar-refractivity contribution in [2.45, 2.75) is 19.8 Å². The molecule has 2 heterocycles. The number of amides is 1. The molecule has 1 amide bonds. The van der Waals surface area contributed by atoms with Crippen molar-refractivity contribution in [3.05, 3.63) is 29.5 Å². The molecule has 7 heteroatoms. The van der Waals surface area contributed by atoms with Crippen LogP contribution in [-0.4, -0.2) is 55.0 Å². The molecule has 0 spiro atoms. The van der Waals surface area contributed by atoms with Crippen molar-refractivity contribution in [2.75, 3.05) is 33.3 Å². The van der Waals surface area contributed by atoms with Gasteiger partial charge in [-0.25, -0.2) is 0 Å². The van der Waals surface area contributed by atoms with Crippen LogP contribution in [0.1, 0.15) is 28.9 Å². The number of aromatic amines is 1. The Bertz CT molecular complexity index is 790. The number of nitrogens with two attached hydrogens (primary N) is 1. The van der Waals surface area contributed by atoms with E-state index in [0.29, 0.717) is 12.3 Å². The number of carbonyl (C=O) groups excluding carboxylic acids is 1. The Morgan fingerprint density at radius 3 is 2.88 bits per heavy atom. The largest absolute Gasteiger partial charge is 0.490 e. The number of ether oxygens (including phenoxy) is 1. The fourth-order valence-corrected chi connectivity index (χ4v) is 3.11. The molecule has 0 atom stereocenters. The van der Waals surface area contributed by atoms with E-state index in [-0.39, 0.29) is 11.9 Å². The van der Waals surface area contributed by atoms with Crippen LogP contribution in [0.5, 0.6) is 5.75 Å². The zero-order chi connectivity index (χ0) is 17.8. The summed E-state index contributed by atoms with van der Waals surface area (Å²) in [4.78, 5) is 21.5. The number of hydrogen-bond acceptors (Lipinski definition) is 4. The van der Waals surface area contributed by atoms with Gasteiger partial charge in [0.15, 0.2) is 5.96 Å². The van der Waals surface area contributed by atoms with Crippen molar-refractivity contribution in [3.8, 4) is 5.75 Å². The maximum Gasteiger partial charge on any atom is 0.274 e. The Morgan fingerprint density at radius 1 is 1.40 bits per heavy atom. The Kier molecular flexibility index (Phi) is 5.23. The summed E-state index contributed by atoms with van der Waals surface area (Å²) >= 11 is 0. The highest BCUT2D eigenvalue weighted by Gasteiger charge is 2.15. The molecule has 4 N–H and O–H groups in total. The summed E-state index contributed by atoms with van der Waals surface area (Å²) in [6, 6.07) is 5.77. The number of carbonyl (C=O) groups is 1. The third-order valence-corrected chi connectivity index (χ3v) is 4.56. The first-order valence-corrected chi connectivity index (χ1v) is 8.59. The first-order valence-electron chi connectivity index (χ1n) is 8.59. The predicted octanol–water partition coefficient (Wildman–Crippen LogP) is 1.63. The molecular weight excluding hydrogens is 318 g/mol. The van der Waals surface area contributed by atoms with Gasteiger partial charge in [-0.2, -0.15) is 0 Å². The number of aromatic nitrogens is 1. The number of fused-ring (bicyclic) bond motifs is 1. The summed E-state index contributed by atoms with van der Waals surface area (Å²) in [5.74, 6) is 0.528. The minimum Gasteiger partial charge on any atom is -0.490 e. The molecule has 1 saturated heterocycles. The van der Waals surface area contributed by atoms with Gasteiger partial charge in [0.1, 0.15) is 18.1 Å². The number of benzene rings is 1. The van der Waals surface area contributed by atoms with Gasteiger partial charge in [0, 0.05) is 19.0 Å². The molecule has 7 nitrogen and oxygen atoms in total. The fraction of sp³-hybridized carbons (Fsp3) is 0.444. The molecule has 2 aromatic rings. The van der Waals surface area contributed by atoms with E-state index in [0.717, 1.165) is 41.9 Å². The molecule has 1 aromatic heterocycles. The van der Waals surface area contributed by atoms with Crippen molar-refractivity contribution in [3.63, 3.8) is 0 Å². The average Bonchev–Trinajstić information content (AvgIpc) is 3.26. The standard InChI is InChI=1S/C18H25N5O2/c1-12-5-6-15(25-10-9-23-7-3-4-8-23)16-13(12)11-14(21-16)17(24)22-18(19)20-2/h5-6,11,21H,3-4,7-10H2,1-2H3,(H3,19,20,22,24). The number of likely N-dealkylation sites (tertiary alicyclic amines) is 1. The van der Waals surface area contributed by atoms with E-state index in [1.807, 2.05) is 25.1 Å². The normalized spacial score (nSPS) is 15.7. The van der Waals surface area contributed by atoms with E-state index in [2.05, 4.69) is 20.2 Å². The van der Waals surface area contributed by atoms with E-state index in [1.165, 1.54) is 19.9 Å². The van der Waals surface area contributed by atoms with Crippen LogP contribution in [0.2, 0.25) is 0 Å². The molecule has 3 rings (SSSR count). The minimum atomic E-state index is -0.318. The maximum absolute atomic E-state index is 12.2. The van der Waals surface area contributed by atoms with Crippen molar-refractivity contribution in [2.24, 2.45) is 10.7 Å². The number of nitrogens with zero attached hydrogens (tertiary/aromatic N) is 2. The van der Waals surface area contributed by atoms with Gasteiger partial charge in [-0.3, -0.25) is 20.0 Å². The van der Waals surface area contributed by atoms with E-state index in [1.54, 1.807) is 0 Å². The summed E-state index contributed by atoms with van der Waals surface area (Å²) < 4.78 is 5.98. The number of H-pyrrole nitrogens is 1. The van der Waals surface area contributed by atoms with Crippen molar-refractivity contribution in [1.82, 2.24) is 15.2 Å². The van der Waals surface area contributed by atoms with Crippen LogP contribution < -0.4 is 15.8 Å². The molecule has 0 unspecified atom stereocenters. The van der Waals surface area contributed by atoms with Gasteiger partial charge in [0.2, 0.25) is 0 Å². The lowest BCUT2D eigenvalue weighted by Crippen LogP contribution is -2.36. The second kappa shape index (κ2) is 7.57. The fourth-order valence-electron chi connectivity index (χ4n) is 3.11. The topological polar surface area (TPSA) is 95.7 Å². The minimum absolute atomic E-state index is 0.0856. The second-order valence-electron chi connectivity index (χ2n) is 6.31. The zero-order valence-electron chi connectivity index (χ0n) is 14.8. The number of guanidine groups is 1. The number of aliphatic imine (C=N–C) groups is 1. The van der Waals surface area contributed by atoms with Crippen molar-refractivity contribution >= 4 is 22.8 Å². The van der Waals surface area contributed by atoms with Crippen LogP contribution in [0.15, 0.2) is 23.2 Å². The van der Waals surface area contributed by atoms with Gasteiger partial charge in [-0.05, 0) is 50.6 Å². The van der Waals surface area contributed by atoms with Crippen molar-refractivity contribution < 1.29 is 9.53 Å². The lowest BCUT2D eigenvalue weighted by Gasteiger charge is -2.15. The lowest BCUT2D eigenvalue weighted by molar-refractivity contribution is 0.0972. The molecule has 0 aliphatic carbocycles. The summed E-state index contributed by atoms with van der Waals surface area (Å²) in [6.07, 6.45) is 2.54. The van der Waals surface area contributed by atoms with Crippen LogP contribution in [-0.2, 0) is 0 Å². The smallest absolute Gasteiger partial charge is 0.274 e.